The molecular weight excluding hydrogens is 320 g/mol. The standard InChI is InChI=1S/C14H14N4O2S2/c1-2-20-8-12(19)16-13-17-18-14(22-13)21-9-11-5-3-10(7-15)4-6-11/h3-6H,2,8-9H2,1H3,(H,16,17,19). The summed E-state index contributed by atoms with van der Waals surface area (Å²) in [7, 11) is 0. The van der Waals surface area contributed by atoms with Crippen molar-refractivity contribution in [3.8, 4) is 6.07 Å². The van der Waals surface area contributed by atoms with E-state index in [0.717, 1.165) is 15.7 Å². The molecule has 1 N–H and O–H groups in total. The van der Waals surface area contributed by atoms with Crippen molar-refractivity contribution in [1.82, 2.24) is 10.2 Å². The quantitative estimate of drug-likeness (QED) is 0.619. The Morgan fingerprint density at radius 3 is 2.86 bits per heavy atom. The Morgan fingerprint density at radius 2 is 2.18 bits per heavy atom. The lowest BCUT2D eigenvalue weighted by Crippen LogP contribution is -2.17. The predicted molar refractivity (Wildman–Crippen MR) is 85.7 cm³/mol. The molecule has 2 rings (SSSR count). The fraction of sp³-hybridized carbons (Fsp3) is 0.286. The summed E-state index contributed by atoms with van der Waals surface area (Å²) in [6.45, 7) is 2.34. The molecule has 6 nitrogen and oxygen atoms in total. The molecule has 0 atom stereocenters. The SMILES string of the molecule is CCOCC(=O)Nc1nnc(SCc2ccc(C#N)cc2)s1. The Labute approximate surface area is 136 Å². The monoisotopic (exact) mass is 334 g/mol. The molecule has 0 bridgehead atoms. The maximum Gasteiger partial charge on any atom is 0.252 e. The van der Waals surface area contributed by atoms with Gasteiger partial charge in [-0.3, -0.25) is 10.1 Å². The van der Waals surface area contributed by atoms with Crippen LogP contribution in [0, 0.1) is 11.3 Å². The van der Waals surface area contributed by atoms with Crippen LogP contribution in [0.4, 0.5) is 5.13 Å². The lowest BCUT2D eigenvalue weighted by atomic mass is 10.2. The maximum absolute atomic E-state index is 11.5. The van der Waals surface area contributed by atoms with Gasteiger partial charge in [0.2, 0.25) is 5.13 Å². The van der Waals surface area contributed by atoms with Crippen molar-refractivity contribution < 1.29 is 9.53 Å². The van der Waals surface area contributed by atoms with Gasteiger partial charge in [0, 0.05) is 12.4 Å². The molecule has 0 radical (unpaired) electrons. The van der Waals surface area contributed by atoms with Gasteiger partial charge in [-0.05, 0) is 24.6 Å². The van der Waals surface area contributed by atoms with E-state index in [9.17, 15) is 4.79 Å². The molecule has 0 fully saturated rings. The first-order chi connectivity index (χ1) is 10.7. The summed E-state index contributed by atoms with van der Waals surface area (Å²) in [5.74, 6) is 0.495. The van der Waals surface area contributed by atoms with Gasteiger partial charge in [-0.15, -0.1) is 10.2 Å². The number of benzene rings is 1. The Morgan fingerprint density at radius 1 is 1.41 bits per heavy atom. The molecule has 8 heteroatoms. The van der Waals surface area contributed by atoms with Gasteiger partial charge in [-0.2, -0.15) is 5.26 Å². The number of anilines is 1. The van der Waals surface area contributed by atoms with Crippen molar-refractivity contribution in [2.24, 2.45) is 0 Å². The minimum absolute atomic E-state index is 0.0177. The molecule has 0 aliphatic carbocycles. The summed E-state index contributed by atoms with van der Waals surface area (Å²) >= 11 is 2.85. The second-order valence-corrected chi connectivity index (χ2v) is 6.36. The predicted octanol–water partition coefficient (Wildman–Crippen LogP) is 2.68. The molecule has 1 aromatic carbocycles. The number of thioether (sulfide) groups is 1. The highest BCUT2D eigenvalue weighted by Crippen LogP contribution is 2.28. The lowest BCUT2D eigenvalue weighted by Gasteiger charge is -2.00. The molecule has 1 heterocycles. The van der Waals surface area contributed by atoms with Gasteiger partial charge in [-0.1, -0.05) is 35.2 Å². The van der Waals surface area contributed by atoms with Crippen LogP contribution in [0.3, 0.4) is 0 Å². The van der Waals surface area contributed by atoms with E-state index in [0.29, 0.717) is 17.3 Å². The van der Waals surface area contributed by atoms with Gasteiger partial charge < -0.3 is 4.74 Å². The van der Waals surface area contributed by atoms with Gasteiger partial charge in [0.25, 0.3) is 5.91 Å². The first kappa shape index (κ1) is 16.4. The van der Waals surface area contributed by atoms with Crippen molar-refractivity contribution in [2.75, 3.05) is 18.5 Å². The number of nitriles is 1. The number of nitrogens with one attached hydrogen (secondary N) is 1. The van der Waals surface area contributed by atoms with Crippen LogP contribution in [-0.4, -0.2) is 29.3 Å². The Kier molecular flexibility index (Phi) is 6.33. The fourth-order valence-electron chi connectivity index (χ4n) is 1.49. The first-order valence-corrected chi connectivity index (χ1v) is 8.34. The van der Waals surface area contributed by atoms with Crippen molar-refractivity contribution in [3.05, 3.63) is 35.4 Å². The molecule has 0 spiro atoms. The fourth-order valence-corrected chi connectivity index (χ4v) is 3.21. The van der Waals surface area contributed by atoms with Crippen LogP contribution < -0.4 is 5.32 Å². The smallest absolute Gasteiger partial charge is 0.252 e. The second kappa shape index (κ2) is 8.48. The summed E-state index contributed by atoms with van der Waals surface area (Å²) < 4.78 is 5.79. The van der Waals surface area contributed by atoms with Crippen molar-refractivity contribution in [2.45, 2.75) is 17.0 Å². The van der Waals surface area contributed by atoms with E-state index in [-0.39, 0.29) is 12.5 Å². The van der Waals surface area contributed by atoms with Crippen LogP contribution in [0.2, 0.25) is 0 Å². The number of amides is 1. The van der Waals surface area contributed by atoms with E-state index >= 15 is 0 Å². The number of rotatable bonds is 7. The number of nitrogens with zero attached hydrogens (tertiary/aromatic N) is 3. The number of carbonyl (C=O) groups is 1. The molecular formula is C14H14N4O2S2. The number of hydrogen-bond acceptors (Lipinski definition) is 7. The molecule has 0 unspecified atom stereocenters. The normalized spacial score (nSPS) is 10.2. The summed E-state index contributed by atoms with van der Waals surface area (Å²) in [6, 6.07) is 9.49. The topological polar surface area (TPSA) is 87.9 Å². The molecule has 0 aliphatic heterocycles. The zero-order valence-electron chi connectivity index (χ0n) is 11.9. The molecule has 0 aliphatic rings. The number of carbonyl (C=O) groups excluding carboxylic acids is 1. The van der Waals surface area contributed by atoms with Gasteiger partial charge in [0.15, 0.2) is 4.34 Å². The van der Waals surface area contributed by atoms with Crippen molar-refractivity contribution in [1.29, 1.82) is 5.26 Å². The summed E-state index contributed by atoms with van der Waals surface area (Å²) in [4.78, 5) is 11.5. The minimum atomic E-state index is -0.235. The Hall–Kier alpha value is -1.95. The van der Waals surface area contributed by atoms with Crippen LogP contribution in [0.15, 0.2) is 28.6 Å². The van der Waals surface area contributed by atoms with E-state index in [1.165, 1.54) is 23.1 Å². The zero-order chi connectivity index (χ0) is 15.8. The maximum atomic E-state index is 11.5. The van der Waals surface area contributed by atoms with Gasteiger partial charge in [-0.25, -0.2) is 0 Å². The molecule has 0 saturated carbocycles. The third-order valence-corrected chi connectivity index (χ3v) is 4.58. The summed E-state index contributed by atoms with van der Waals surface area (Å²) in [6.07, 6.45) is 0. The minimum Gasteiger partial charge on any atom is -0.372 e. The molecule has 0 saturated heterocycles. The molecule has 1 amide bonds. The molecule has 22 heavy (non-hydrogen) atoms. The van der Waals surface area contributed by atoms with Crippen molar-refractivity contribution in [3.63, 3.8) is 0 Å². The largest absolute Gasteiger partial charge is 0.372 e. The van der Waals surface area contributed by atoms with Gasteiger partial charge in [0.05, 0.1) is 11.6 Å². The third kappa shape index (κ3) is 5.11. The van der Waals surface area contributed by atoms with Gasteiger partial charge >= 0.3 is 0 Å². The van der Waals surface area contributed by atoms with E-state index in [2.05, 4.69) is 21.6 Å². The molecule has 1 aromatic heterocycles. The lowest BCUT2D eigenvalue weighted by molar-refractivity contribution is -0.120. The number of ether oxygens (including phenoxy) is 1. The highest BCUT2D eigenvalue weighted by Gasteiger charge is 2.08. The van der Waals surface area contributed by atoms with Gasteiger partial charge in [0.1, 0.15) is 6.61 Å². The van der Waals surface area contributed by atoms with E-state index < -0.39 is 0 Å². The average molecular weight is 334 g/mol. The molecule has 2 aromatic rings. The zero-order valence-corrected chi connectivity index (χ0v) is 13.5. The Bertz CT molecular complexity index is 664. The van der Waals surface area contributed by atoms with Crippen LogP contribution >= 0.6 is 23.1 Å². The highest BCUT2D eigenvalue weighted by molar-refractivity contribution is 8.00. The molecule has 114 valence electrons. The summed E-state index contributed by atoms with van der Waals surface area (Å²) in [5.41, 5.74) is 1.74. The van der Waals surface area contributed by atoms with E-state index in [4.69, 9.17) is 10.00 Å². The van der Waals surface area contributed by atoms with Crippen LogP contribution in [-0.2, 0) is 15.3 Å². The highest BCUT2D eigenvalue weighted by atomic mass is 32.2. The average Bonchev–Trinajstić information content (AvgIpc) is 2.99. The van der Waals surface area contributed by atoms with Crippen LogP contribution in [0.1, 0.15) is 18.1 Å². The first-order valence-electron chi connectivity index (χ1n) is 6.54. The number of aromatic nitrogens is 2. The van der Waals surface area contributed by atoms with E-state index in [1.54, 1.807) is 12.1 Å². The Balaban J connectivity index is 1.83. The van der Waals surface area contributed by atoms with Crippen LogP contribution in [0.25, 0.3) is 0 Å². The summed E-state index contributed by atoms with van der Waals surface area (Å²) in [5, 5.41) is 19.8. The third-order valence-electron chi connectivity index (χ3n) is 2.54. The second-order valence-electron chi connectivity index (χ2n) is 4.16. The van der Waals surface area contributed by atoms with E-state index in [1.807, 2.05) is 19.1 Å². The van der Waals surface area contributed by atoms with Crippen molar-refractivity contribution >= 4 is 34.1 Å². The van der Waals surface area contributed by atoms with Crippen LogP contribution in [0.5, 0.6) is 0 Å². The number of hydrogen-bond donors (Lipinski definition) is 1.